The van der Waals surface area contributed by atoms with Crippen LogP contribution in [-0.4, -0.2) is 24.0 Å². The lowest BCUT2D eigenvalue weighted by molar-refractivity contribution is -0.137. The van der Waals surface area contributed by atoms with Crippen LogP contribution in [0.3, 0.4) is 0 Å². The third-order valence-corrected chi connectivity index (χ3v) is 4.95. The SMILES string of the molecule is CN1C2C=C(c3cc(C(F)(F)F)ccc3Cl)CC1CCC2. The minimum atomic E-state index is -4.33. The zero-order valence-electron chi connectivity index (χ0n) is 11.8. The summed E-state index contributed by atoms with van der Waals surface area (Å²) in [5, 5.41) is 0.400. The average molecular weight is 316 g/mol. The van der Waals surface area contributed by atoms with Gasteiger partial charge in [0.15, 0.2) is 0 Å². The second-order valence-electron chi connectivity index (χ2n) is 5.91. The Balaban J connectivity index is 2.00. The summed E-state index contributed by atoms with van der Waals surface area (Å²) in [6.45, 7) is 0. The van der Waals surface area contributed by atoms with Gasteiger partial charge in [0.05, 0.1) is 5.56 Å². The number of halogens is 4. The van der Waals surface area contributed by atoms with E-state index in [2.05, 4.69) is 18.0 Å². The Bertz CT molecular complexity index is 579. The lowest BCUT2D eigenvalue weighted by atomic mass is 9.83. The molecule has 0 amide bonds. The molecule has 1 aromatic rings. The Morgan fingerprint density at radius 1 is 1.24 bits per heavy atom. The highest BCUT2D eigenvalue weighted by atomic mass is 35.5. The molecular weight excluding hydrogens is 299 g/mol. The highest BCUT2D eigenvalue weighted by Gasteiger charge is 2.34. The van der Waals surface area contributed by atoms with Gasteiger partial charge in [0.1, 0.15) is 0 Å². The van der Waals surface area contributed by atoms with Crippen molar-refractivity contribution in [3.8, 4) is 0 Å². The van der Waals surface area contributed by atoms with Gasteiger partial charge >= 0.3 is 6.18 Å². The van der Waals surface area contributed by atoms with Crippen molar-refractivity contribution in [3.05, 3.63) is 40.4 Å². The van der Waals surface area contributed by atoms with Crippen LogP contribution in [0.1, 0.15) is 36.8 Å². The molecular formula is C16H17ClF3N. The predicted octanol–water partition coefficient (Wildman–Crippen LogP) is 5.00. The maximum atomic E-state index is 12.9. The molecule has 2 bridgehead atoms. The molecule has 0 aliphatic carbocycles. The van der Waals surface area contributed by atoms with E-state index in [1.165, 1.54) is 18.6 Å². The fraction of sp³-hybridized carbons (Fsp3) is 0.500. The summed E-state index contributed by atoms with van der Waals surface area (Å²) in [6.07, 6.45) is 1.88. The molecule has 2 atom stereocenters. The second-order valence-corrected chi connectivity index (χ2v) is 6.31. The van der Waals surface area contributed by atoms with Gasteiger partial charge in [0.25, 0.3) is 0 Å². The highest BCUT2D eigenvalue weighted by molar-refractivity contribution is 6.32. The van der Waals surface area contributed by atoms with Crippen LogP contribution in [0.2, 0.25) is 5.02 Å². The van der Waals surface area contributed by atoms with Gasteiger partial charge in [0.2, 0.25) is 0 Å². The van der Waals surface area contributed by atoms with Gasteiger partial charge in [-0.25, -0.2) is 0 Å². The van der Waals surface area contributed by atoms with Gasteiger partial charge in [-0.15, -0.1) is 0 Å². The minimum absolute atomic E-state index is 0.318. The van der Waals surface area contributed by atoms with E-state index in [1.807, 2.05) is 0 Å². The number of alkyl halides is 3. The Morgan fingerprint density at radius 2 is 2.00 bits per heavy atom. The molecule has 21 heavy (non-hydrogen) atoms. The van der Waals surface area contributed by atoms with Crippen molar-refractivity contribution in [3.63, 3.8) is 0 Å². The van der Waals surface area contributed by atoms with Crippen molar-refractivity contribution in [2.75, 3.05) is 7.05 Å². The number of fused-ring (bicyclic) bond motifs is 2. The van der Waals surface area contributed by atoms with Crippen molar-refractivity contribution < 1.29 is 13.2 Å². The van der Waals surface area contributed by atoms with Gasteiger partial charge in [-0.3, -0.25) is 4.90 Å². The van der Waals surface area contributed by atoms with E-state index in [4.69, 9.17) is 11.6 Å². The molecule has 0 N–H and O–H groups in total. The van der Waals surface area contributed by atoms with E-state index in [9.17, 15) is 13.2 Å². The van der Waals surface area contributed by atoms with Crippen molar-refractivity contribution in [1.29, 1.82) is 0 Å². The van der Waals surface area contributed by atoms with Gasteiger partial charge in [0, 0.05) is 17.1 Å². The summed E-state index contributed by atoms with van der Waals surface area (Å²) in [6, 6.07) is 4.32. The Morgan fingerprint density at radius 3 is 2.67 bits per heavy atom. The van der Waals surface area contributed by atoms with E-state index in [0.717, 1.165) is 30.9 Å². The summed E-state index contributed by atoms with van der Waals surface area (Å²) >= 11 is 6.15. The monoisotopic (exact) mass is 315 g/mol. The predicted molar refractivity (Wildman–Crippen MR) is 78.2 cm³/mol. The van der Waals surface area contributed by atoms with Crippen LogP contribution in [0.15, 0.2) is 24.3 Å². The third kappa shape index (κ3) is 2.84. The summed E-state index contributed by atoms with van der Waals surface area (Å²) in [4.78, 5) is 2.33. The Labute approximate surface area is 127 Å². The summed E-state index contributed by atoms with van der Waals surface area (Å²) in [5.41, 5.74) is 0.863. The summed E-state index contributed by atoms with van der Waals surface area (Å²) < 4.78 is 38.7. The van der Waals surface area contributed by atoms with Crippen LogP contribution in [0.25, 0.3) is 5.57 Å². The standard InChI is InChI=1S/C16H17ClF3N/c1-21-12-3-2-4-13(21)8-10(7-12)14-9-11(16(18,19)20)5-6-15(14)17/h5-7,9,12-13H,2-4,8H2,1H3. The first kappa shape index (κ1) is 14.9. The van der Waals surface area contributed by atoms with Gasteiger partial charge in [-0.2, -0.15) is 13.2 Å². The topological polar surface area (TPSA) is 3.24 Å². The molecule has 2 heterocycles. The van der Waals surface area contributed by atoms with Crippen LogP contribution in [0, 0.1) is 0 Å². The van der Waals surface area contributed by atoms with Crippen LogP contribution in [0.5, 0.6) is 0 Å². The number of likely N-dealkylation sites (N-methyl/N-ethyl adjacent to an activating group) is 1. The van der Waals surface area contributed by atoms with Crippen molar-refractivity contribution in [2.24, 2.45) is 0 Å². The average Bonchev–Trinajstić information content (AvgIpc) is 2.38. The van der Waals surface area contributed by atoms with E-state index in [-0.39, 0.29) is 0 Å². The molecule has 2 aliphatic heterocycles. The molecule has 0 radical (unpaired) electrons. The molecule has 114 valence electrons. The molecule has 2 aliphatic rings. The highest BCUT2D eigenvalue weighted by Crippen LogP contribution is 2.40. The van der Waals surface area contributed by atoms with E-state index in [0.29, 0.717) is 22.7 Å². The van der Waals surface area contributed by atoms with Crippen LogP contribution in [-0.2, 0) is 6.18 Å². The fourth-order valence-corrected chi connectivity index (χ4v) is 3.63. The number of benzene rings is 1. The lowest BCUT2D eigenvalue weighted by Crippen LogP contribution is -2.45. The molecule has 3 rings (SSSR count). The normalized spacial score (nSPS) is 26.6. The molecule has 2 unspecified atom stereocenters. The fourth-order valence-electron chi connectivity index (χ4n) is 3.39. The second kappa shape index (κ2) is 5.33. The Hall–Kier alpha value is -1.00. The number of piperidine rings is 1. The number of rotatable bonds is 1. The quantitative estimate of drug-likeness (QED) is 0.705. The van der Waals surface area contributed by atoms with Crippen molar-refractivity contribution >= 4 is 17.2 Å². The number of hydrogen-bond acceptors (Lipinski definition) is 1. The summed E-state index contributed by atoms with van der Waals surface area (Å²) in [7, 11) is 2.09. The van der Waals surface area contributed by atoms with Gasteiger partial charge in [-0.1, -0.05) is 24.1 Å². The van der Waals surface area contributed by atoms with Crippen LogP contribution >= 0.6 is 11.6 Å². The first-order chi connectivity index (χ1) is 9.86. The van der Waals surface area contributed by atoms with Crippen LogP contribution < -0.4 is 0 Å². The third-order valence-electron chi connectivity index (χ3n) is 4.63. The molecule has 5 heteroatoms. The van der Waals surface area contributed by atoms with E-state index >= 15 is 0 Å². The maximum absolute atomic E-state index is 12.9. The van der Waals surface area contributed by atoms with Gasteiger partial charge < -0.3 is 0 Å². The molecule has 1 aromatic carbocycles. The smallest absolute Gasteiger partial charge is 0.297 e. The molecule has 1 nitrogen and oxygen atoms in total. The number of hydrogen-bond donors (Lipinski definition) is 0. The number of nitrogens with zero attached hydrogens (tertiary/aromatic N) is 1. The molecule has 1 saturated heterocycles. The van der Waals surface area contributed by atoms with Crippen LogP contribution in [0.4, 0.5) is 13.2 Å². The molecule has 1 fully saturated rings. The molecule has 0 saturated carbocycles. The van der Waals surface area contributed by atoms with Gasteiger partial charge in [-0.05, 0) is 55.6 Å². The zero-order valence-corrected chi connectivity index (χ0v) is 12.5. The maximum Gasteiger partial charge on any atom is 0.416 e. The first-order valence-electron chi connectivity index (χ1n) is 7.16. The minimum Gasteiger partial charge on any atom is -0.297 e. The molecule has 0 spiro atoms. The largest absolute Gasteiger partial charge is 0.416 e. The first-order valence-corrected chi connectivity index (χ1v) is 7.54. The molecule has 0 aromatic heterocycles. The van der Waals surface area contributed by atoms with Crippen molar-refractivity contribution in [2.45, 2.75) is 43.9 Å². The van der Waals surface area contributed by atoms with E-state index < -0.39 is 11.7 Å². The summed E-state index contributed by atoms with van der Waals surface area (Å²) in [5.74, 6) is 0. The van der Waals surface area contributed by atoms with Crippen molar-refractivity contribution in [1.82, 2.24) is 4.90 Å². The lowest BCUT2D eigenvalue weighted by Gasteiger charge is -2.43. The Kier molecular flexibility index (Phi) is 3.78. The zero-order chi connectivity index (χ0) is 15.2. The van der Waals surface area contributed by atoms with E-state index in [1.54, 1.807) is 0 Å².